The normalized spacial score (nSPS) is 18.4. The van der Waals surface area contributed by atoms with Crippen LogP contribution in [0.25, 0.3) is 0 Å². The van der Waals surface area contributed by atoms with Crippen molar-refractivity contribution in [3.63, 3.8) is 0 Å². The monoisotopic (exact) mass is 657 g/mol. The summed E-state index contributed by atoms with van der Waals surface area (Å²) in [5.41, 5.74) is 2.63. The number of hydrogen-bond acceptors (Lipinski definition) is 8. The number of hydrogen-bond donors (Lipinski definition) is 3. The highest BCUT2D eigenvalue weighted by molar-refractivity contribution is 5.86. The lowest BCUT2D eigenvalue weighted by Gasteiger charge is -2.26. The maximum atomic E-state index is 13.6. The summed E-state index contributed by atoms with van der Waals surface area (Å²) in [5.74, 6) is -2.11. The maximum absolute atomic E-state index is 13.6. The van der Waals surface area contributed by atoms with Crippen LogP contribution < -0.4 is 10.6 Å². The molecule has 0 bridgehead atoms. The van der Waals surface area contributed by atoms with Crippen LogP contribution in [-0.4, -0.2) is 72.3 Å². The molecular weight excluding hydrogens is 614 g/mol. The van der Waals surface area contributed by atoms with Gasteiger partial charge in [-0.15, -0.1) is 0 Å². The van der Waals surface area contributed by atoms with E-state index in [0.717, 1.165) is 16.7 Å². The molecule has 0 saturated carbocycles. The minimum Gasteiger partial charge on any atom is -0.462 e. The molecule has 11 heteroatoms. The third kappa shape index (κ3) is 12.3. The second-order valence-electron chi connectivity index (χ2n) is 11.5. The van der Waals surface area contributed by atoms with Gasteiger partial charge in [-0.1, -0.05) is 103 Å². The number of amides is 3. The van der Waals surface area contributed by atoms with Crippen LogP contribution in [0.1, 0.15) is 36.0 Å². The van der Waals surface area contributed by atoms with Crippen LogP contribution in [0.4, 0.5) is 4.79 Å². The summed E-state index contributed by atoms with van der Waals surface area (Å²) in [6.45, 7) is 0.326. The molecule has 0 spiro atoms. The molecule has 1 aliphatic heterocycles. The minimum atomic E-state index is -1.04. The van der Waals surface area contributed by atoms with Crippen LogP contribution in [0, 0.1) is 5.92 Å². The van der Waals surface area contributed by atoms with Crippen LogP contribution in [0.15, 0.2) is 103 Å². The van der Waals surface area contributed by atoms with E-state index in [1.54, 1.807) is 12.2 Å². The Morgan fingerprint density at radius 2 is 1.46 bits per heavy atom. The zero-order chi connectivity index (χ0) is 34.0. The lowest BCUT2D eigenvalue weighted by molar-refractivity contribution is -0.148. The van der Waals surface area contributed by atoms with Crippen molar-refractivity contribution in [1.82, 2.24) is 15.5 Å². The first kappa shape index (κ1) is 35.8. The van der Waals surface area contributed by atoms with E-state index >= 15 is 0 Å². The Labute approximate surface area is 280 Å². The molecule has 254 valence electrons. The molecule has 0 saturated heterocycles. The lowest BCUT2D eigenvalue weighted by atomic mass is 9.97. The molecule has 3 aromatic carbocycles. The molecule has 3 atom stereocenters. The summed E-state index contributed by atoms with van der Waals surface area (Å²) < 4.78 is 16.7. The Morgan fingerprint density at radius 3 is 2.10 bits per heavy atom. The van der Waals surface area contributed by atoms with Crippen molar-refractivity contribution in [2.45, 2.75) is 51.1 Å². The second-order valence-corrected chi connectivity index (χ2v) is 11.5. The van der Waals surface area contributed by atoms with Gasteiger partial charge in [0.15, 0.2) is 0 Å². The number of aliphatic hydroxyl groups excluding tert-OH is 1. The number of nitrogens with zero attached hydrogens (tertiary/aromatic N) is 1. The van der Waals surface area contributed by atoms with Gasteiger partial charge < -0.3 is 34.9 Å². The van der Waals surface area contributed by atoms with E-state index in [9.17, 15) is 24.3 Å². The number of allylic oxidation sites excluding steroid dienone is 1. The van der Waals surface area contributed by atoms with Gasteiger partial charge in [0, 0.05) is 19.5 Å². The number of nitrogens with one attached hydrogen (secondary N) is 2. The summed E-state index contributed by atoms with van der Waals surface area (Å²) in [7, 11) is 0. The smallest absolute Gasteiger partial charge is 0.408 e. The summed E-state index contributed by atoms with van der Waals surface area (Å²) in [5, 5.41) is 15.1. The minimum absolute atomic E-state index is 0.0322. The number of carbonyl (C=O) groups is 4. The SMILES string of the molecule is O=C(NC1CC=CCC(CC(=O)N(CCO)Cc2ccccc2)C(=O)NC(COCc2ccccc2)COC1=O)OCc1ccccc1. The molecule has 0 aromatic heterocycles. The van der Waals surface area contributed by atoms with Gasteiger partial charge in [0.25, 0.3) is 0 Å². The Hall–Kier alpha value is -5.00. The van der Waals surface area contributed by atoms with Crippen molar-refractivity contribution in [3.05, 3.63) is 120 Å². The predicted octanol–water partition coefficient (Wildman–Crippen LogP) is 3.90. The standard InChI is InChI=1S/C37H43N3O8/c41-21-20-40(23-28-12-4-1-5-13-28)34(42)22-31-18-10-11-19-33(39-37(45)48-25-30-16-8-3-9-17-30)36(44)47-27-32(38-35(31)43)26-46-24-29-14-6-2-7-15-29/h1-17,31-33,41H,18-27H2,(H,38,43)(H,39,45). The molecular formula is C37H43N3O8. The zero-order valence-electron chi connectivity index (χ0n) is 26.9. The fourth-order valence-corrected chi connectivity index (χ4v) is 5.08. The molecule has 4 rings (SSSR count). The first-order valence-electron chi connectivity index (χ1n) is 16.0. The van der Waals surface area contributed by atoms with E-state index in [0.29, 0.717) is 6.54 Å². The number of ether oxygens (including phenoxy) is 3. The van der Waals surface area contributed by atoms with Gasteiger partial charge in [-0.05, 0) is 29.5 Å². The third-order valence-electron chi connectivity index (χ3n) is 7.68. The molecule has 48 heavy (non-hydrogen) atoms. The quantitative estimate of drug-likeness (QED) is 0.186. The van der Waals surface area contributed by atoms with E-state index in [1.807, 2.05) is 91.0 Å². The van der Waals surface area contributed by atoms with Crippen LogP contribution in [0.3, 0.4) is 0 Å². The molecule has 0 fully saturated rings. The second kappa shape index (κ2) is 19.6. The average Bonchev–Trinajstić information content (AvgIpc) is 3.10. The van der Waals surface area contributed by atoms with E-state index in [-0.39, 0.29) is 70.7 Å². The summed E-state index contributed by atoms with van der Waals surface area (Å²) >= 11 is 0. The molecule has 1 heterocycles. The fourth-order valence-electron chi connectivity index (χ4n) is 5.08. The average molecular weight is 658 g/mol. The molecule has 3 unspecified atom stereocenters. The van der Waals surface area contributed by atoms with Crippen molar-refractivity contribution in [2.24, 2.45) is 5.92 Å². The Bertz CT molecular complexity index is 1470. The number of carbonyl (C=O) groups excluding carboxylic acids is 4. The highest BCUT2D eigenvalue weighted by Crippen LogP contribution is 2.17. The Balaban J connectivity index is 1.46. The number of esters is 1. The summed E-state index contributed by atoms with van der Waals surface area (Å²) in [4.78, 5) is 54.3. The summed E-state index contributed by atoms with van der Waals surface area (Å²) in [6.07, 6.45) is 2.79. The van der Waals surface area contributed by atoms with Gasteiger partial charge in [-0.3, -0.25) is 9.59 Å². The molecule has 0 radical (unpaired) electrons. The van der Waals surface area contributed by atoms with Gasteiger partial charge in [0.1, 0.15) is 19.3 Å². The van der Waals surface area contributed by atoms with Gasteiger partial charge in [0.2, 0.25) is 11.8 Å². The molecule has 3 N–H and O–H groups in total. The van der Waals surface area contributed by atoms with E-state index < -0.39 is 30.1 Å². The van der Waals surface area contributed by atoms with Crippen molar-refractivity contribution >= 4 is 23.9 Å². The van der Waals surface area contributed by atoms with E-state index in [2.05, 4.69) is 10.6 Å². The number of aliphatic hydroxyl groups is 1. The molecule has 0 aliphatic carbocycles. The molecule has 11 nitrogen and oxygen atoms in total. The van der Waals surface area contributed by atoms with Crippen molar-refractivity contribution < 1.29 is 38.5 Å². The van der Waals surface area contributed by atoms with Crippen LogP contribution >= 0.6 is 0 Å². The van der Waals surface area contributed by atoms with Gasteiger partial charge in [0.05, 0.1) is 31.8 Å². The molecule has 1 aliphatic rings. The largest absolute Gasteiger partial charge is 0.462 e. The highest BCUT2D eigenvalue weighted by Gasteiger charge is 2.29. The van der Waals surface area contributed by atoms with E-state index in [1.165, 1.54) is 4.90 Å². The predicted molar refractivity (Wildman–Crippen MR) is 178 cm³/mol. The maximum Gasteiger partial charge on any atom is 0.408 e. The van der Waals surface area contributed by atoms with Crippen molar-refractivity contribution in [1.29, 1.82) is 0 Å². The van der Waals surface area contributed by atoms with Gasteiger partial charge in [-0.2, -0.15) is 0 Å². The lowest BCUT2D eigenvalue weighted by Crippen LogP contribution is -2.48. The topological polar surface area (TPSA) is 144 Å². The fraction of sp³-hybridized carbons (Fsp3) is 0.351. The van der Waals surface area contributed by atoms with E-state index in [4.69, 9.17) is 14.2 Å². The highest BCUT2D eigenvalue weighted by atomic mass is 16.6. The molecule has 3 aromatic rings. The van der Waals surface area contributed by atoms with Crippen LogP contribution in [-0.2, 0) is 48.4 Å². The Morgan fingerprint density at radius 1 is 0.854 bits per heavy atom. The number of alkyl carbamates (subject to hydrolysis) is 1. The number of cyclic esters (lactones) is 1. The van der Waals surface area contributed by atoms with Gasteiger partial charge in [-0.25, -0.2) is 9.59 Å². The van der Waals surface area contributed by atoms with Crippen molar-refractivity contribution in [3.8, 4) is 0 Å². The van der Waals surface area contributed by atoms with Gasteiger partial charge >= 0.3 is 12.1 Å². The molecule has 3 amide bonds. The van der Waals surface area contributed by atoms with Crippen LogP contribution in [0.5, 0.6) is 0 Å². The first-order valence-corrected chi connectivity index (χ1v) is 16.0. The van der Waals surface area contributed by atoms with Crippen molar-refractivity contribution in [2.75, 3.05) is 26.4 Å². The Kier molecular flexibility index (Phi) is 14.6. The first-order chi connectivity index (χ1) is 23.4. The zero-order valence-corrected chi connectivity index (χ0v) is 26.9. The number of rotatable bonds is 13. The third-order valence-corrected chi connectivity index (χ3v) is 7.68. The number of benzene rings is 3. The van der Waals surface area contributed by atoms with Crippen LogP contribution in [0.2, 0.25) is 0 Å². The summed E-state index contributed by atoms with van der Waals surface area (Å²) in [6, 6.07) is 26.3.